The predicted molar refractivity (Wildman–Crippen MR) is 158 cm³/mol. The van der Waals surface area contributed by atoms with E-state index in [1.807, 2.05) is 48.5 Å². The van der Waals surface area contributed by atoms with E-state index in [2.05, 4.69) is 17.1 Å². The Bertz CT molecular complexity index is 1510. The largest absolute Gasteiger partial charge is 0.496 e. The Labute approximate surface area is 237 Å². The van der Waals surface area contributed by atoms with Crippen LogP contribution in [0.25, 0.3) is 10.8 Å². The molecule has 6 rings (SSSR count). The summed E-state index contributed by atoms with van der Waals surface area (Å²) in [7, 11) is -2.37. The maximum Gasteiger partial charge on any atom is 0.264 e. The molecule has 0 aromatic heterocycles. The molecule has 1 saturated heterocycles. The number of hydrogen-bond donors (Lipinski definition) is 1. The van der Waals surface area contributed by atoms with Gasteiger partial charge in [-0.1, -0.05) is 55.8 Å². The Balaban J connectivity index is 1.33. The molecular formula is C32H39N3O4S. The fourth-order valence-electron chi connectivity index (χ4n) is 7.00. The maximum atomic E-state index is 14.3. The van der Waals surface area contributed by atoms with Crippen LogP contribution in [-0.2, 0) is 14.8 Å². The number of amides is 1. The molecule has 212 valence electrons. The molecule has 1 unspecified atom stereocenters. The van der Waals surface area contributed by atoms with Gasteiger partial charge in [0.25, 0.3) is 10.0 Å². The summed E-state index contributed by atoms with van der Waals surface area (Å²) in [5.74, 6) is 0.684. The van der Waals surface area contributed by atoms with Gasteiger partial charge in [0.2, 0.25) is 5.91 Å². The van der Waals surface area contributed by atoms with Crippen LogP contribution >= 0.6 is 0 Å². The average Bonchev–Trinajstić information content (AvgIpc) is 3.38. The van der Waals surface area contributed by atoms with Gasteiger partial charge in [0.05, 0.1) is 35.8 Å². The Morgan fingerprint density at radius 2 is 1.60 bits per heavy atom. The van der Waals surface area contributed by atoms with Crippen molar-refractivity contribution in [2.24, 2.45) is 5.92 Å². The molecule has 2 aliphatic heterocycles. The topological polar surface area (TPSA) is 79.0 Å². The van der Waals surface area contributed by atoms with E-state index < -0.39 is 15.9 Å². The number of hydrogen-bond acceptors (Lipinski definition) is 5. The highest BCUT2D eigenvalue weighted by atomic mass is 32.2. The third-order valence-corrected chi connectivity index (χ3v) is 11.1. The van der Waals surface area contributed by atoms with Gasteiger partial charge in [0, 0.05) is 23.9 Å². The van der Waals surface area contributed by atoms with Crippen molar-refractivity contribution in [1.29, 1.82) is 0 Å². The molecular weight excluding hydrogens is 522 g/mol. The van der Waals surface area contributed by atoms with Gasteiger partial charge in [0.15, 0.2) is 0 Å². The van der Waals surface area contributed by atoms with E-state index >= 15 is 0 Å². The van der Waals surface area contributed by atoms with E-state index in [0.29, 0.717) is 22.7 Å². The number of rotatable bonds is 6. The van der Waals surface area contributed by atoms with Crippen molar-refractivity contribution in [2.75, 3.05) is 31.0 Å². The predicted octanol–water partition coefficient (Wildman–Crippen LogP) is 5.65. The first-order chi connectivity index (χ1) is 19.3. The number of methoxy groups -OCH3 is 1. The number of sulfonamides is 1. The quantitative estimate of drug-likeness (QED) is 0.421. The number of nitrogens with one attached hydrogen (secondary N) is 1. The van der Waals surface area contributed by atoms with E-state index in [4.69, 9.17) is 4.74 Å². The standard InChI is InChI=1S/C32H39N3O4S/c1-23-16-20-34(21-17-23)32(18-8-3-9-19-32)33-31(36)27-22-35(28-13-7-6-10-24(27)28)40(37,38)30-15-14-29(39-2)25-11-4-5-12-26(25)30/h4-7,10-15,23,27H,3,8-9,16-22H2,1-2H3,(H,33,36). The van der Waals surface area contributed by atoms with Crippen molar-refractivity contribution < 1.29 is 17.9 Å². The molecule has 7 nitrogen and oxygen atoms in total. The minimum Gasteiger partial charge on any atom is -0.496 e. The van der Waals surface area contributed by atoms with Crippen LogP contribution in [-0.4, -0.2) is 51.6 Å². The normalized spacial score (nSPS) is 21.8. The number of carbonyl (C=O) groups excluding carboxylic acids is 1. The molecule has 1 atom stereocenters. The van der Waals surface area contributed by atoms with Crippen molar-refractivity contribution in [1.82, 2.24) is 10.2 Å². The number of likely N-dealkylation sites (tertiary alicyclic amines) is 1. The number of fused-ring (bicyclic) bond motifs is 2. The number of nitrogens with zero attached hydrogens (tertiary/aromatic N) is 2. The van der Waals surface area contributed by atoms with Crippen LogP contribution in [0.2, 0.25) is 0 Å². The van der Waals surface area contributed by atoms with Gasteiger partial charge in [-0.05, 0) is 68.2 Å². The SMILES string of the molecule is COc1ccc(S(=O)(=O)N2CC(C(=O)NC3(N4CCC(C)CC4)CCCCC3)c3ccccc32)c2ccccc12. The van der Waals surface area contributed by atoms with Gasteiger partial charge in [-0.3, -0.25) is 14.0 Å². The lowest BCUT2D eigenvalue weighted by Gasteiger charge is -2.49. The summed E-state index contributed by atoms with van der Waals surface area (Å²) in [6.45, 7) is 4.38. The molecule has 0 radical (unpaired) electrons. The third kappa shape index (κ3) is 4.65. The van der Waals surface area contributed by atoms with Crippen molar-refractivity contribution in [3.05, 3.63) is 66.2 Å². The molecule has 2 heterocycles. The summed E-state index contributed by atoms with van der Waals surface area (Å²) >= 11 is 0. The van der Waals surface area contributed by atoms with Crippen LogP contribution in [0, 0.1) is 5.92 Å². The van der Waals surface area contributed by atoms with Gasteiger partial charge < -0.3 is 10.1 Å². The molecule has 1 saturated carbocycles. The molecule has 2 fully saturated rings. The second kappa shape index (κ2) is 10.7. The average molecular weight is 562 g/mol. The molecule has 1 aliphatic carbocycles. The summed E-state index contributed by atoms with van der Waals surface area (Å²) in [5, 5.41) is 4.85. The van der Waals surface area contributed by atoms with E-state index in [1.54, 1.807) is 19.2 Å². The van der Waals surface area contributed by atoms with Crippen molar-refractivity contribution >= 4 is 32.4 Å². The van der Waals surface area contributed by atoms with Crippen LogP contribution < -0.4 is 14.4 Å². The minimum absolute atomic E-state index is 0.0785. The number of piperidine rings is 1. The lowest BCUT2D eigenvalue weighted by Crippen LogP contribution is -2.63. The van der Waals surface area contributed by atoms with Crippen molar-refractivity contribution in [3.63, 3.8) is 0 Å². The zero-order valence-corrected chi connectivity index (χ0v) is 24.3. The van der Waals surface area contributed by atoms with Crippen LogP contribution in [0.5, 0.6) is 5.75 Å². The summed E-state index contributed by atoms with van der Waals surface area (Å²) < 4.78 is 35.4. The van der Waals surface area contributed by atoms with Gasteiger partial charge in [-0.15, -0.1) is 0 Å². The molecule has 3 aromatic rings. The fourth-order valence-corrected chi connectivity index (χ4v) is 8.70. The highest BCUT2D eigenvalue weighted by Gasteiger charge is 2.45. The van der Waals surface area contributed by atoms with E-state index in [-0.39, 0.29) is 23.0 Å². The van der Waals surface area contributed by atoms with Gasteiger partial charge >= 0.3 is 0 Å². The molecule has 3 aliphatic rings. The number of carbonyl (C=O) groups is 1. The summed E-state index contributed by atoms with van der Waals surface area (Å²) in [6.07, 6.45) is 7.56. The summed E-state index contributed by atoms with van der Waals surface area (Å²) in [4.78, 5) is 16.8. The summed E-state index contributed by atoms with van der Waals surface area (Å²) in [6, 6.07) is 18.1. The molecule has 1 N–H and O–H groups in total. The third-order valence-electron chi connectivity index (χ3n) is 9.30. The highest BCUT2D eigenvalue weighted by molar-refractivity contribution is 7.93. The van der Waals surface area contributed by atoms with E-state index in [0.717, 1.165) is 62.6 Å². The van der Waals surface area contributed by atoms with Crippen molar-refractivity contribution in [3.8, 4) is 5.75 Å². The van der Waals surface area contributed by atoms with Crippen LogP contribution in [0.1, 0.15) is 63.4 Å². The molecule has 3 aromatic carbocycles. The minimum atomic E-state index is -3.96. The zero-order valence-electron chi connectivity index (χ0n) is 23.4. The Morgan fingerprint density at radius 3 is 2.33 bits per heavy atom. The lowest BCUT2D eigenvalue weighted by atomic mass is 9.84. The number of para-hydroxylation sites is 1. The molecule has 8 heteroatoms. The maximum absolute atomic E-state index is 14.3. The lowest BCUT2D eigenvalue weighted by molar-refractivity contribution is -0.129. The molecule has 0 bridgehead atoms. The van der Waals surface area contributed by atoms with E-state index in [1.165, 1.54) is 10.7 Å². The second-order valence-electron chi connectivity index (χ2n) is 11.7. The van der Waals surface area contributed by atoms with Gasteiger partial charge in [-0.2, -0.15) is 0 Å². The number of ether oxygens (including phenoxy) is 1. The van der Waals surface area contributed by atoms with Gasteiger partial charge in [-0.25, -0.2) is 8.42 Å². The smallest absolute Gasteiger partial charge is 0.264 e. The van der Waals surface area contributed by atoms with Crippen LogP contribution in [0.15, 0.2) is 65.6 Å². The van der Waals surface area contributed by atoms with Gasteiger partial charge in [0.1, 0.15) is 5.75 Å². The van der Waals surface area contributed by atoms with E-state index in [9.17, 15) is 13.2 Å². The first kappa shape index (κ1) is 27.1. The van der Waals surface area contributed by atoms with Crippen LogP contribution in [0.4, 0.5) is 5.69 Å². The molecule has 40 heavy (non-hydrogen) atoms. The first-order valence-electron chi connectivity index (χ1n) is 14.6. The first-order valence-corrected chi connectivity index (χ1v) is 16.0. The zero-order chi connectivity index (χ0) is 27.9. The van der Waals surface area contributed by atoms with Crippen LogP contribution in [0.3, 0.4) is 0 Å². The monoisotopic (exact) mass is 561 g/mol. The second-order valence-corrected chi connectivity index (χ2v) is 13.5. The molecule has 1 amide bonds. The number of anilines is 1. The molecule has 0 spiro atoms. The Hall–Kier alpha value is -3.10. The number of benzene rings is 3. The Kier molecular flexibility index (Phi) is 7.25. The fraction of sp³-hybridized carbons (Fsp3) is 0.469. The van der Waals surface area contributed by atoms with Crippen molar-refractivity contribution in [2.45, 2.75) is 68.3 Å². The Morgan fingerprint density at radius 1 is 0.925 bits per heavy atom. The summed E-state index contributed by atoms with van der Waals surface area (Å²) in [5.41, 5.74) is 0.995. The highest BCUT2D eigenvalue weighted by Crippen LogP contribution is 2.43.